The van der Waals surface area contributed by atoms with E-state index in [0.717, 1.165) is 35.0 Å². The highest BCUT2D eigenvalue weighted by atomic mass is 32.1. The van der Waals surface area contributed by atoms with Gasteiger partial charge < -0.3 is 10.2 Å². The maximum absolute atomic E-state index is 12.5. The van der Waals surface area contributed by atoms with Crippen molar-refractivity contribution in [3.8, 4) is 10.6 Å². The Kier molecular flexibility index (Phi) is 5.46. The number of anilines is 2. The van der Waals surface area contributed by atoms with E-state index in [1.807, 2.05) is 53.9 Å². The zero-order valence-electron chi connectivity index (χ0n) is 14.4. The zero-order chi connectivity index (χ0) is 17.6. The Morgan fingerprint density at radius 3 is 2.52 bits per heavy atom. The molecule has 4 nitrogen and oxygen atoms in total. The smallest absolute Gasteiger partial charge is 0.255 e. The minimum absolute atomic E-state index is 0.117. The van der Waals surface area contributed by atoms with Crippen LogP contribution in [0.2, 0.25) is 0 Å². The summed E-state index contributed by atoms with van der Waals surface area (Å²) in [5, 5.41) is 5.80. The van der Waals surface area contributed by atoms with Gasteiger partial charge in [0.15, 0.2) is 0 Å². The van der Waals surface area contributed by atoms with Crippen LogP contribution in [-0.2, 0) is 0 Å². The van der Waals surface area contributed by atoms with Crippen LogP contribution in [0.25, 0.3) is 10.6 Å². The maximum atomic E-state index is 12.5. The van der Waals surface area contributed by atoms with E-state index in [1.165, 1.54) is 0 Å². The summed E-state index contributed by atoms with van der Waals surface area (Å²) < 4.78 is 0. The second-order valence-corrected chi connectivity index (χ2v) is 6.49. The number of hydrogen-bond donors (Lipinski definition) is 1. The highest BCUT2D eigenvalue weighted by Crippen LogP contribution is 2.23. The molecule has 0 unspecified atom stereocenters. The highest BCUT2D eigenvalue weighted by molar-refractivity contribution is 7.13. The van der Waals surface area contributed by atoms with Gasteiger partial charge >= 0.3 is 0 Å². The summed E-state index contributed by atoms with van der Waals surface area (Å²) >= 11 is 1.56. The quantitative estimate of drug-likeness (QED) is 0.686. The number of rotatable bonds is 6. The monoisotopic (exact) mass is 351 g/mol. The topological polar surface area (TPSA) is 45.2 Å². The minimum atomic E-state index is -0.117. The summed E-state index contributed by atoms with van der Waals surface area (Å²) in [6.45, 7) is 6.20. The van der Waals surface area contributed by atoms with E-state index in [2.05, 4.69) is 29.0 Å². The molecule has 0 aliphatic heterocycles. The molecule has 0 atom stereocenters. The fourth-order valence-corrected chi connectivity index (χ4v) is 3.34. The third kappa shape index (κ3) is 4.06. The van der Waals surface area contributed by atoms with Gasteiger partial charge in [-0.05, 0) is 50.2 Å². The van der Waals surface area contributed by atoms with E-state index in [4.69, 9.17) is 0 Å². The first-order chi connectivity index (χ1) is 12.2. The van der Waals surface area contributed by atoms with Crippen LogP contribution in [-0.4, -0.2) is 24.0 Å². The molecule has 3 rings (SSSR count). The summed E-state index contributed by atoms with van der Waals surface area (Å²) in [5.74, 6) is -0.117. The van der Waals surface area contributed by atoms with Crippen LogP contribution in [0.15, 0.2) is 60.1 Å². The molecule has 1 aromatic heterocycles. The number of aromatic nitrogens is 1. The van der Waals surface area contributed by atoms with Gasteiger partial charge in [0.2, 0.25) is 0 Å². The van der Waals surface area contributed by atoms with Crippen molar-refractivity contribution in [1.82, 2.24) is 4.98 Å². The molecule has 1 N–H and O–H groups in total. The summed E-state index contributed by atoms with van der Waals surface area (Å²) in [5.41, 5.74) is 3.54. The lowest BCUT2D eigenvalue weighted by molar-refractivity contribution is 0.102. The molecule has 0 fully saturated rings. The van der Waals surface area contributed by atoms with Crippen molar-refractivity contribution in [3.05, 3.63) is 65.7 Å². The Labute approximate surface area is 152 Å². The lowest BCUT2D eigenvalue weighted by Gasteiger charge is -2.21. The van der Waals surface area contributed by atoms with E-state index in [0.29, 0.717) is 5.56 Å². The van der Waals surface area contributed by atoms with Crippen molar-refractivity contribution >= 4 is 28.6 Å². The van der Waals surface area contributed by atoms with E-state index in [1.54, 1.807) is 17.5 Å². The molecule has 0 aliphatic rings. The largest absolute Gasteiger partial charge is 0.372 e. The van der Waals surface area contributed by atoms with Crippen molar-refractivity contribution < 1.29 is 4.79 Å². The molecule has 128 valence electrons. The summed E-state index contributed by atoms with van der Waals surface area (Å²) in [4.78, 5) is 19.1. The Morgan fingerprint density at radius 1 is 1.12 bits per heavy atom. The number of amides is 1. The van der Waals surface area contributed by atoms with Gasteiger partial charge in [-0.1, -0.05) is 12.1 Å². The van der Waals surface area contributed by atoms with Crippen LogP contribution in [0, 0.1) is 0 Å². The third-order valence-electron chi connectivity index (χ3n) is 4.06. The average Bonchev–Trinajstić information content (AvgIpc) is 3.19. The third-order valence-corrected chi connectivity index (χ3v) is 4.88. The van der Waals surface area contributed by atoms with Gasteiger partial charge in [-0.2, -0.15) is 0 Å². The zero-order valence-corrected chi connectivity index (χ0v) is 15.2. The minimum Gasteiger partial charge on any atom is -0.372 e. The van der Waals surface area contributed by atoms with Gasteiger partial charge in [0.25, 0.3) is 5.91 Å². The average molecular weight is 351 g/mol. The number of carbonyl (C=O) groups is 1. The van der Waals surface area contributed by atoms with Crippen LogP contribution < -0.4 is 10.2 Å². The Morgan fingerprint density at radius 2 is 1.88 bits per heavy atom. The Bertz CT molecular complexity index is 824. The number of nitrogens with one attached hydrogen (secondary N) is 1. The van der Waals surface area contributed by atoms with Gasteiger partial charge in [-0.3, -0.25) is 4.79 Å². The second-order valence-electron chi connectivity index (χ2n) is 5.59. The Hall–Kier alpha value is -2.66. The van der Waals surface area contributed by atoms with Gasteiger partial charge in [0.05, 0.1) is 0 Å². The lowest BCUT2D eigenvalue weighted by atomic mass is 10.1. The number of thiazole rings is 1. The van der Waals surface area contributed by atoms with Crippen LogP contribution in [0.1, 0.15) is 24.2 Å². The summed E-state index contributed by atoms with van der Waals surface area (Å²) in [6, 6.07) is 15.5. The number of carbonyl (C=O) groups excluding carboxylic acids is 1. The summed E-state index contributed by atoms with van der Waals surface area (Å²) in [6.07, 6.45) is 1.77. The lowest BCUT2D eigenvalue weighted by Crippen LogP contribution is -2.21. The predicted octanol–water partition coefficient (Wildman–Crippen LogP) is 4.91. The number of hydrogen-bond acceptors (Lipinski definition) is 4. The molecule has 3 aromatic rings. The van der Waals surface area contributed by atoms with Crippen molar-refractivity contribution in [2.75, 3.05) is 23.3 Å². The molecular formula is C20H21N3OS. The normalized spacial score (nSPS) is 10.5. The van der Waals surface area contributed by atoms with E-state index < -0.39 is 0 Å². The molecule has 0 saturated heterocycles. The van der Waals surface area contributed by atoms with E-state index >= 15 is 0 Å². The van der Waals surface area contributed by atoms with Crippen molar-refractivity contribution in [2.45, 2.75) is 13.8 Å². The van der Waals surface area contributed by atoms with Crippen LogP contribution in [0.5, 0.6) is 0 Å². The molecule has 0 spiro atoms. The number of nitrogens with zero attached hydrogens (tertiary/aromatic N) is 2. The molecule has 0 bridgehead atoms. The first kappa shape index (κ1) is 17.2. The first-order valence-corrected chi connectivity index (χ1v) is 9.25. The SMILES string of the molecule is CCN(CC)c1ccc(NC(=O)c2cccc(-c3nccs3)c2)cc1. The van der Waals surface area contributed by atoms with Crippen molar-refractivity contribution in [1.29, 1.82) is 0 Å². The Balaban J connectivity index is 1.73. The van der Waals surface area contributed by atoms with Gasteiger partial charge in [0, 0.05) is 47.2 Å². The fourth-order valence-electron chi connectivity index (χ4n) is 2.71. The molecule has 0 saturated carbocycles. The molecule has 1 amide bonds. The molecule has 2 aromatic carbocycles. The van der Waals surface area contributed by atoms with Crippen LogP contribution >= 0.6 is 11.3 Å². The fraction of sp³-hybridized carbons (Fsp3) is 0.200. The molecule has 0 radical (unpaired) electrons. The molecule has 0 aliphatic carbocycles. The van der Waals surface area contributed by atoms with Gasteiger partial charge in [-0.15, -0.1) is 11.3 Å². The molecule has 1 heterocycles. The first-order valence-electron chi connectivity index (χ1n) is 8.37. The van der Waals surface area contributed by atoms with Crippen molar-refractivity contribution in [3.63, 3.8) is 0 Å². The summed E-state index contributed by atoms with van der Waals surface area (Å²) in [7, 11) is 0. The van der Waals surface area contributed by atoms with Crippen molar-refractivity contribution in [2.24, 2.45) is 0 Å². The van der Waals surface area contributed by atoms with Crippen LogP contribution in [0.4, 0.5) is 11.4 Å². The standard InChI is InChI=1S/C20H21N3OS/c1-3-23(4-2)18-10-8-17(9-11-18)22-19(24)15-6-5-7-16(14-15)20-21-12-13-25-20/h5-14H,3-4H2,1-2H3,(H,22,24). The molecule has 25 heavy (non-hydrogen) atoms. The van der Waals surface area contributed by atoms with Gasteiger partial charge in [-0.25, -0.2) is 4.98 Å². The van der Waals surface area contributed by atoms with Crippen LogP contribution in [0.3, 0.4) is 0 Å². The van der Waals surface area contributed by atoms with Gasteiger partial charge in [0.1, 0.15) is 5.01 Å². The molecular weight excluding hydrogens is 330 g/mol. The maximum Gasteiger partial charge on any atom is 0.255 e. The van der Waals surface area contributed by atoms with E-state index in [9.17, 15) is 4.79 Å². The predicted molar refractivity (Wildman–Crippen MR) is 106 cm³/mol. The molecule has 5 heteroatoms. The number of benzene rings is 2. The highest BCUT2D eigenvalue weighted by Gasteiger charge is 2.09. The second kappa shape index (κ2) is 7.94. The van der Waals surface area contributed by atoms with E-state index in [-0.39, 0.29) is 5.91 Å².